The fourth-order valence-corrected chi connectivity index (χ4v) is 4.27. The number of hydrogen-bond donors (Lipinski definition) is 0. The van der Waals surface area contributed by atoms with Crippen LogP contribution < -0.4 is 9.64 Å². The van der Waals surface area contributed by atoms with Gasteiger partial charge in [0.15, 0.2) is 0 Å². The molecule has 1 unspecified atom stereocenters. The SMILES string of the molecule is CC1c2c(ccc3cc(OCc4ccccc4)ccc23)-c2ccc(F)cc2N1C. The summed E-state index contributed by atoms with van der Waals surface area (Å²) in [4.78, 5) is 2.15. The molecule has 0 N–H and O–H groups in total. The van der Waals surface area contributed by atoms with Gasteiger partial charge < -0.3 is 9.64 Å². The predicted molar refractivity (Wildman–Crippen MR) is 117 cm³/mol. The monoisotopic (exact) mass is 383 g/mol. The van der Waals surface area contributed by atoms with E-state index in [0.717, 1.165) is 28.0 Å². The van der Waals surface area contributed by atoms with E-state index in [-0.39, 0.29) is 11.9 Å². The van der Waals surface area contributed by atoms with Crippen molar-refractivity contribution in [2.24, 2.45) is 0 Å². The van der Waals surface area contributed by atoms with Crippen LogP contribution in [0.15, 0.2) is 78.9 Å². The van der Waals surface area contributed by atoms with Crippen molar-refractivity contribution in [3.63, 3.8) is 0 Å². The van der Waals surface area contributed by atoms with Crippen LogP contribution >= 0.6 is 0 Å². The lowest BCUT2D eigenvalue weighted by Gasteiger charge is -2.36. The minimum absolute atomic E-state index is 0.152. The zero-order valence-electron chi connectivity index (χ0n) is 16.5. The van der Waals surface area contributed by atoms with E-state index in [2.05, 4.69) is 48.2 Å². The molecule has 0 aliphatic carbocycles. The maximum absolute atomic E-state index is 13.8. The summed E-state index contributed by atoms with van der Waals surface area (Å²) in [7, 11) is 2.03. The molecule has 1 aliphatic rings. The summed E-state index contributed by atoms with van der Waals surface area (Å²) in [5.74, 6) is 0.660. The second kappa shape index (κ2) is 6.93. The van der Waals surface area contributed by atoms with Gasteiger partial charge in [0.25, 0.3) is 0 Å². The van der Waals surface area contributed by atoms with E-state index in [1.807, 2.05) is 37.4 Å². The minimum Gasteiger partial charge on any atom is -0.489 e. The van der Waals surface area contributed by atoms with E-state index < -0.39 is 0 Å². The van der Waals surface area contributed by atoms with Crippen molar-refractivity contribution >= 4 is 16.5 Å². The topological polar surface area (TPSA) is 12.5 Å². The maximum atomic E-state index is 13.8. The highest BCUT2D eigenvalue weighted by molar-refractivity contribution is 5.97. The fourth-order valence-electron chi connectivity index (χ4n) is 4.27. The molecule has 0 spiro atoms. The predicted octanol–water partition coefficient (Wildman–Crippen LogP) is 6.74. The van der Waals surface area contributed by atoms with E-state index in [9.17, 15) is 4.39 Å². The zero-order valence-corrected chi connectivity index (χ0v) is 16.5. The summed E-state index contributed by atoms with van der Waals surface area (Å²) in [5, 5.41) is 2.36. The van der Waals surface area contributed by atoms with Crippen molar-refractivity contribution in [1.82, 2.24) is 0 Å². The number of ether oxygens (including phenoxy) is 1. The molecule has 0 radical (unpaired) electrons. The summed E-state index contributed by atoms with van der Waals surface area (Å²) in [6.07, 6.45) is 0. The number of halogens is 1. The van der Waals surface area contributed by atoms with Gasteiger partial charge >= 0.3 is 0 Å². The Kier molecular flexibility index (Phi) is 4.24. The van der Waals surface area contributed by atoms with Gasteiger partial charge in [-0.2, -0.15) is 0 Å². The molecular formula is C26H22FNO. The Balaban J connectivity index is 1.56. The lowest BCUT2D eigenvalue weighted by molar-refractivity contribution is 0.306. The number of fused-ring (bicyclic) bond motifs is 5. The lowest BCUT2D eigenvalue weighted by atomic mass is 9.85. The first-order chi connectivity index (χ1) is 14.1. The number of rotatable bonds is 3. The van der Waals surface area contributed by atoms with Crippen molar-refractivity contribution in [2.75, 3.05) is 11.9 Å². The number of benzene rings is 4. The summed E-state index contributed by atoms with van der Waals surface area (Å²) in [5.41, 5.74) is 5.62. The van der Waals surface area contributed by atoms with Crippen LogP contribution in [0.1, 0.15) is 24.1 Å². The van der Waals surface area contributed by atoms with E-state index in [1.165, 1.54) is 22.6 Å². The van der Waals surface area contributed by atoms with Crippen molar-refractivity contribution in [1.29, 1.82) is 0 Å². The molecule has 1 heterocycles. The Bertz CT molecular complexity index is 1200. The molecule has 0 saturated heterocycles. The normalized spacial score (nSPS) is 15.1. The summed E-state index contributed by atoms with van der Waals surface area (Å²) >= 11 is 0. The third-order valence-corrected chi connectivity index (χ3v) is 5.91. The first-order valence-electron chi connectivity index (χ1n) is 9.88. The average molecular weight is 383 g/mol. The van der Waals surface area contributed by atoms with Crippen molar-refractivity contribution in [2.45, 2.75) is 19.6 Å². The van der Waals surface area contributed by atoms with Gasteiger partial charge in [0.2, 0.25) is 0 Å². The van der Waals surface area contributed by atoms with Crippen LogP contribution in [0.5, 0.6) is 5.75 Å². The molecule has 3 heteroatoms. The van der Waals surface area contributed by atoms with Crippen molar-refractivity contribution in [3.8, 4) is 16.9 Å². The van der Waals surface area contributed by atoms with Crippen LogP contribution in [0.3, 0.4) is 0 Å². The van der Waals surface area contributed by atoms with Crippen LogP contribution in [-0.4, -0.2) is 7.05 Å². The van der Waals surface area contributed by atoms with Gasteiger partial charge in [-0.05, 0) is 64.7 Å². The highest BCUT2D eigenvalue weighted by Gasteiger charge is 2.27. The maximum Gasteiger partial charge on any atom is 0.125 e. The second-order valence-electron chi connectivity index (χ2n) is 7.63. The number of anilines is 1. The fraction of sp³-hybridized carbons (Fsp3) is 0.154. The third-order valence-electron chi connectivity index (χ3n) is 5.91. The molecule has 1 atom stereocenters. The smallest absolute Gasteiger partial charge is 0.125 e. The van der Waals surface area contributed by atoms with E-state index in [4.69, 9.17) is 4.74 Å². The van der Waals surface area contributed by atoms with Crippen LogP contribution in [0.25, 0.3) is 21.9 Å². The van der Waals surface area contributed by atoms with Gasteiger partial charge in [-0.25, -0.2) is 4.39 Å². The number of nitrogens with zero attached hydrogens (tertiary/aromatic N) is 1. The second-order valence-corrected chi connectivity index (χ2v) is 7.63. The van der Waals surface area contributed by atoms with Gasteiger partial charge in [0, 0.05) is 18.3 Å². The Morgan fingerprint density at radius 1 is 0.897 bits per heavy atom. The number of hydrogen-bond acceptors (Lipinski definition) is 2. The quantitative estimate of drug-likeness (QED) is 0.389. The standard InChI is InChI=1S/C26H22FNO/c1-17-26-22-13-10-21(29-16-18-6-4-3-5-7-18)14-19(22)8-11-24(26)23-12-9-20(27)15-25(23)28(17)2/h3-15,17H,16H2,1-2H3. The molecule has 2 nitrogen and oxygen atoms in total. The molecule has 0 fully saturated rings. The molecule has 0 bridgehead atoms. The van der Waals surface area contributed by atoms with Gasteiger partial charge in [0.05, 0.1) is 6.04 Å². The first kappa shape index (κ1) is 17.7. The molecule has 0 aromatic heterocycles. The van der Waals surface area contributed by atoms with E-state index in [0.29, 0.717) is 6.61 Å². The molecule has 1 aliphatic heterocycles. The Hall–Kier alpha value is -3.33. The summed E-state index contributed by atoms with van der Waals surface area (Å²) in [6, 6.07) is 26.0. The Labute approximate surface area is 170 Å². The molecule has 4 aromatic rings. The van der Waals surface area contributed by atoms with Crippen LogP contribution in [0.4, 0.5) is 10.1 Å². The van der Waals surface area contributed by atoms with Crippen molar-refractivity contribution < 1.29 is 9.13 Å². The molecule has 0 saturated carbocycles. The molecule has 144 valence electrons. The first-order valence-corrected chi connectivity index (χ1v) is 9.88. The van der Waals surface area contributed by atoms with Gasteiger partial charge in [-0.15, -0.1) is 0 Å². The van der Waals surface area contributed by atoms with Crippen LogP contribution in [0, 0.1) is 5.82 Å². The van der Waals surface area contributed by atoms with Crippen molar-refractivity contribution in [3.05, 3.63) is 95.8 Å². The average Bonchev–Trinajstić information content (AvgIpc) is 2.76. The largest absolute Gasteiger partial charge is 0.489 e. The van der Waals surface area contributed by atoms with Gasteiger partial charge in [0.1, 0.15) is 18.2 Å². The molecule has 29 heavy (non-hydrogen) atoms. The molecule has 5 rings (SSSR count). The molecule has 0 amide bonds. The molecular weight excluding hydrogens is 361 g/mol. The minimum atomic E-state index is -0.202. The summed E-state index contributed by atoms with van der Waals surface area (Å²) < 4.78 is 19.8. The van der Waals surface area contributed by atoms with Crippen LogP contribution in [0.2, 0.25) is 0 Å². The van der Waals surface area contributed by atoms with E-state index in [1.54, 1.807) is 6.07 Å². The Morgan fingerprint density at radius 3 is 2.52 bits per heavy atom. The van der Waals surface area contributed by atoms with E-state index >= 15 is 0 Å². The highest BCUT2D eigenvalue weighted by Crippen LogP contribution is 2.46. The molecule has 4 aromatic carbocycles. The third kappa shape index (κ3) is 3.03. The lowest BCUT2D eigenvalue weighted by Crippen LogP contribution is -2.26. The highest BCUT2D eigenvalue weighted by atomic mass is 19.1. The summed E-state index contributed by atoms with van der Waals surface area (Å²) in [6.45, 7) is 2.72. The van der Waals surface area contributed by atoms with Crippen LogP contribution in [-0.2, 0) is 6.61 Å². The Morgan fingerprint density at radius 2 is 1.69 bits per heavy atom. The zero-order chi connectivity index (χ0) is 20.0. The van der Waals surface area contributed by atoms with Gasteiger partial charge in [-0.1, -0.05) is 48.5 Å². The van der Waals surface area contributed by atoms with Gasteiger partial charge in [-0.3, -0.25) is 0 Å².